The molecule has 2 aromatic carbocycles. The molecule has 0 saturated heterocycles. The minimum Gasteiger partial charge on any atom is -0.330 e. The van der Waals surface area contributed by atoms with Crippen molar-refractivity contribution in [1.82, 2.24) is 0 Å². The number of benzene rings is 2. The number of rotatable bonds is 5. The van der Waals surface area contributed by atoms with E-state index < -0.39 is 15.8 Å². The van der Waals surface area contributed by atoms with Crippen LogP contribution in [0.4, 0.5) is 10.1 Å². The van der Waals surface area contributed by atoms with Crippen LogP contribution in [0.5, 0.6) is 0 Å². The Kier molecular flexibility index (Phi) is 4.82. The number of sulfonamides is 1. The van der Waals surface area contributed by atoms with Crippen molar-refractivity contribution in [3.05, 3.63) is 58.9 Å². The van der Waals surface area contributed by atoms with Gasteiger partial charge in [0.1, 0.15) is 10.7 Å². The van der Waals surface area contributed by atoms with E-state index in [1.807, 2.05) is 0 Å². The van der Waals surface area contributed by atoms with Gasteiger partial charge in [0, 0.05) is 5.69 Å². The topological polar surface area (TPSA) is 72.2 Å². The second-order valence-electron chi connectivity index (χ2n) is 4.42. The van der Waals surface area contributed by atoms with Crippen LogP contribution >= 0.6 is 11.6 Å². The maximum atomic E-state index is 13.0. The van der Waals surface area contributed by atoms with Crippen LogP contribution in [0, 0.1) is 5.82 Å². The van der Waals surface area contributed by atoms with Gasteiger partial charge in [-0.2, -0.15) is 0 Å². The highest BCUT2D eigenvalue weighted by molar-refractivity contribution is 7.92. The Bertz CT molecular complexity index is 733. The smallest absolute Gasteiger partial charge is 0.263 e. The molecule has 0 atom stereocenters. The molecule has 0 bridgehead atoms. The lowest BCUT2D eigenvalue weighted by atomic mass is 10.1. The van der Waals surface area contributed by atoms with Gasteiger partial charge in [0.05, 0.1) is 5.02 Å². The van der Waals surface area contributed by atoms with Crippen molar-refractivity contribution in [3.63, 3.8) is 0 Å². The summed E-state index contributed by atoms with van der Waals surface area (Å²) in [5.74, 6) is -0.593. The minimum atomic E-state index is -3.86. The molecule has 0 aliphatic rings. The molecular formula is C14H14ClFN2O2S. The molecule has 0 aromatic heterocycles. The third kappa shape index (κ3) is 3.93. The van der Waals surface area contributed by atoms with Gasteiger partial charge in [0.2, 0.25) is 0 Å². The Morgan fingerprint density at radius 2 is 1.81 bits per heavy atom. The lowest BCUT2D eigenvalue weighted by Gasteiger charge is -2.10. The average Bonchev–Trinajstić information content (AvgIpc) is 2.40. The first-order valence-corrected chi connectivity index (χ1v) is 8.05. The van der Waals surface area contributed by atoms with Crippen LogP contribution in [0.1, 0.15) is 5.56 Å². The minimum absolute atomic E-state index is 0.165. The molecule has 4 nitrogen and oxygen atoms in total. The van der Waals surface area contributed by atoms with Crippen LogP contribution < -0.4 is 10.5 Å². The van der Waals surface area contributed by atoms with E-state index >= 15 is 0 Å². The Balaban J connectivity index is 2.24. The van der Waals surface area contributed by atoms with E-state index in [1.54, 1.807) is 24.3 Å². The van der Waals surface area contributed by atoms with Crippen LogP contribution in [0.15, 0.2) is 47.4 Å². The van der Waals surface area contributed by atoms with Crippen molar-refractivity contribution in [2.75, 3.05) is 11.3 Å². The molecule has 0 amide bonds. The van der Waals surface area contributed by atoms with Gasteiger partial charge in [-0.25, -0.2) is 12.8 Å². The molecule has 0 saturated carbocycles. The zero-order valence-electron chi connectivity index (χ0n) is 11.0. The summed E-state index contributed by atoms with van der Waals surface area (Å²) in [6.07, 6.45) is 0.719. The van der Waals surface area contributed by atoms with E-state index in [0.29, 0.717) is 12.2 Å². The van der Waals surface area contributed by atoms with Crippen LogP contribution in [0.3, 0.4) is 0 Å². The highest BCUT2D eigenvalue weighted by Gasteiger charge is 2.18. The number of hydrogen-bond donors (Lipinski definition) is 2. The molecule has 2 rings (SSSR count). The second kappa shape index (κ2) is 6.43. The van der Waals surface area contributed by atoms with E-state index in [2.05, 4.69) is 4.72 Å². The second-order valence-corrected chi connectivity index (χ2v) is 6.47. The molecule has 7 heteroatoms. The van der Waals surface area contributed by atoms with Gasteiger partial charge >= 0.3 is 0 Å². The predicted octanol–water partition coefficient (Wildman–Crippen LogP) is 2.78. The lowest BCUT2D eigenvalue weighted by molar-refractivity contribution is 0.600. The van der Waals surface area contributed by atoms with E-state index in [9.17, 15) is 12.8 Å². The van der Waals surface area contributed by atoms with Gasteiger partial charge in [-0.3, -0.25) is 4.72 Å². The Hall–Kier alpha value is -1.63. The van der Waals surface area contributed by atoms with Gasteiger partial charge in [0.25, 0.3) is 10.0 Å². The van der Waals surface area contributed by atoms with E-state index in [1.165, 1.54) is 0 Å². The standard InChI is InChI=1S/C14H14ClFN2O2S/c15-13-9-11(16)3-6-14(13)21(19,20)18-12-4-1-10(2-5-12)7-8-17/h1-6,9,18H,7-8,17H2. The molecule has 0 heterocycles. The summed E-state index contributed by atoms with van der Waals surface area (Å²) < 4.78 is 39.8. The fourth-order valence-electron chi connectivity index (χ4n) is 1.81. The third-order valence-corrected chi connectivity index (χ3v) is 4.69. The molecule has 21 heavy (non-hydrogen) atoms. The van der Waals surface area contributed by atoms with Crippen molar-refractivity contribution in [2.24, 2.45) is 5.73 Å². The van der Waals surface area contributed by atoms with Crippen LogP contribution in [0.2, 0.25) is 5.02 Å². The van der Waals surface area contributed by atoms with Gasteiger partial charge in [-0.05, 0) is 48.9 Å². The fourth-order valence-corrected chi connectivity index (χ4v) is 3.40. The molecule has 112 valence electrons. The highest BCUT2D eigenvalue weighted by atomic mass is 35.5. The van der Waals surface area contributed by atoms with Crippen LogP contribution in [-0.4, -0.2) is 15.0 Å². The monoisotopic (exact) mass is 328 g/mol. The van der Waals surface area contributed by atoms with Crippen molar-refractivity contribution in [1.29, 1.82) is 0 Å². The van der Waals surface area contributed by atoms with Gasteiger partial charge in [0.15, 0.2) is 0 Å². The number of nitrogens with one attached hydrogen (secondary N) is 1. The number of halogens is 2. The Labute approximate surface area is 127 Å². The summed E-state index contributed by atoms with van der Waals surface area (Å²) >= 11 is 5.77. The normalized spacial score (nSPS) is 11.4. The molecule has 2 aromatic rings. The predicted molar refractivity (Wildman–Crippen MR) is 81.4 cm³/mol. The van der Waals surface area contributed by atoms with E-state index in [0.717, 1.165) is 30.2 Å². The van der Waals surface area contributed by atoms with Crippen molar-refractivity contribution >= 4 is 27.3 Å². The first-order valence-electron chi connectivity index (χ1n) is 6.19. The highest BCUT2D eigenvalue weighted by Crippen LogP contribution is 2.24. The summed E-state index contributed by atoms with van der Waals surface area (Å²) in [5, 5.41) is -0.165. The Morgan fingerprint density at radius 1 is 1.14 bits per heavy atom. The van der Waals surface area contributed by atoms with E-state index in [-0.39, 0.29) is 9.92 Å². The molecule has 0 unspecified atom stereocenters. The fraction of sp³-hybridized carbons (Fsp3) is 0.143. The SMILES string of the molecule is NCCc1ccc(NS(=O)(=O)c2ccc(F)cc2Cl)cc1. The molecule has 0 spiro atoms. The summed E-state index contributed by atoms with van der Waals surface area (Å²) in [7, 11) is -3.86. The summed E-state index contributed by atoms with van der Waals surface area (Å²) in [4.78, 5) is -0.170. The van der Waals surface area contributed by atoms with Crippen LogP contribution in [0.25, 0.3) is 0 Å². The molecular weight excluding hydrogens is 315 g/mol. The maximum Gasteiger partial charge on any atom is 0.263 e. The Morgan fingerprint density at radius 3 is 2.38 bits per heavy atom. The van der Waals surface area contributed by atoms with Crippen molar-refractivity contribution in [2.45, 2.75) is 11.3 Å². The van der Waals surface area contributed by atoms with Crippen molar-refractivity contribution in [3.8, 4) is 0 Å². The molecule has 0 aliphatic heterocycles. The zero-order chi connectivity index (χ0) is 15.5. The first kappa shape index (κ1) is 15.8. The van der Waals surface area contributed by atoms with Crippen molar-refractivity contribution < 1.29 is 12.8 Å². The molecule has 3 N–H and O–H groups in total. The lowest BCUT2D eigenvalue weighted by Crippen LogP contribution is -2.13. The van der Waals surface area contributed by atoms with Gasteiger partial charge in [-0.1, -0.05) is 23.7 Å². The summed E-state index contributed by atoms with van der Waals surface area (Å²) in [6, 6.07) is 9.99. The number of anilines is 1. The number of hydrogen-bond acceptors (Lipinski definition) is 3. The number of nitrogens with two attached hydrogens (primary N) is 1. The van der Waals surface area contributed by atoms with Gasteiger partial charge < -0.3 is 5.73 Å². The molecule has 0 aliphatic carbocycles. The van der Waals surface area contributed by atoms with Crippen LogP contribution in [-0.2, 0) is 16.4 Å². The molecule has 0 fully saturated rings. The maximum absolute atomic E-state index is 13.0. The van der Waals surface area contributed by atoms with E-state index in [4.69, 9.17) is 17.3 Å². The largest absolute Gasteiger partial charge is 0.330 e. The average molecular weight is 329 g/mol. The van der Waals surface area contributed by atoms with Gasteiger partial charge in [-0.15, -0.1) is 0 Å². The summed E-state index contributed by atoms with van der Waals surface area (Å²) in [5.41, 5.74) is 6.86. The quantitative estimate of drug-likeness (QED) is 0.886. The summed E-state index contributed by atoms with van der Waals surface area (Å²) in [6.45, 7) is 0.524. The first-order chi connectivity index (χ1) is 9.92. The third-order valence-electron chi connectivity index (χ3n) is 2.82. The zero-order valence-corrected chi connectivity index (χ0v) is 12.6. The molecule has 0 radical (unpaired) electrons.